The van der Waals surface area contributed by atoms with Crippen molar-refractivity contribution in [2.75, 3.05) is 39.6 Å². The molecule has 0 rings (SSSR count). The molecule has 0 aliphatic rings. The molecule has 5 atom stereocenters. The molecule has 5 unspecified atom stereocenters. The summed E-state index contributed by atoms with van der Waals surface area (Å²) in [6.07, 6.45) is 82.5. The smallest absolute Gasteiger partial charge is 0.463 e. The van der Waals surface area contributed by atoms with Gasteiger partial charge >= 0.3 is 33.6 Å². The van der Waals surface area contributed by atoms with Crippen molar-refractivity contribution in [1.29, 1.82) is 0 Å². The molecular weight excluding hydrogens is 1220 g/mol. The minimum atomic E-state index is -4.95. The van der Waals surface area contributed by atoms with E-state index in [-0.39, 0.29) is 19.3 Å². The van der Waals surface area contributed by atoms with Crippen LogP contribution in [-0.2, 0) is 55.8 Å². The van der Waals surface area contributed by atoms with E-state index in [9.17, 15) is 43.5 Å². The zero-order valence-electron chi connectivity index (χ0n) is 56.9. The predicted molar refractivity (Wildman–Crippen MR) is 380 cm³/mol. The third-order valence-corrected chi connectivity index (χ3v) is 15.3. The number of rotatable bonds is 63. The molecule has 526 valence electrons. The largest absolute Gasteiger partial charge is 0.472 e. The topological polar surface area (TPSA) is 231 Å². The van der Waals surface area contributed by atoms with E-state index in [4.69, 9.17) is 32.3 Å². The Hall–Kier alpha value is -5.09. The van der Waals surface area contributed by atoms with Gasteiger partial charge < -0.3 is 34.2 Å². The Morgan fingerprint density at radius 2 is 0.538 bits per heavy atom. The van der Waals surface area contributed by atoms with Crippen LogP contribution in [0.4, 0.5) is 0 Å². The first-order valence-electron chi connectivity index (χ1n) is 34.4. The number of carbonyl (C=O) groups is 3. The second-order valence-corrected chi connectivity index (χ2v) is 25.1. The quantitative estimate of drug-likeness (QED) is 0.0146. The monoisotopic (exact) mass is 1340 g/mol. The van der Waals surface area contributed by atoms with Gasteiger partial charge in [-0.2, -0.15) is 0 Å². The van der Waals surface area contributed by atoms with Gasteiger partial charge in [0.2, 0.25) is 0 Å². The number of phosphoric acid groups is 2. The van der Waals surface area contributed by atoms with Gasteiger partial charge in [0.05, 0.1) is 26.4 Å². The number of aliphatic hydroxyl groups excluding tert-OH is 2. The molecule has 0 aromatic rings. The maximum Gasteiger partial charge on any atom is 0.472 e. The van der Waals surface area contributed by atoms with Gasteiger partial charge in [-0.05, 0) is 148 Å². The molecule has 0 heterocycles. The molecule has 0 saturated carbocycles. The Kier molecular flexibility index (Phi) is 63.2. The zero-order chi connectivity index (χ0) is 68.1. The molecule has 0 aliphatic heterocycles. The Labute approximate surface area is 561 Å². The van der Waals surface area contributed by atoms with Crippen LogP contribution in [0, 0.1) is 0 Å². The highest BCUT2D eigenvalue weighted by molar-refractivity contribution is 7.47. The number of allylic oxidation sites excluding steroid dienone is 28. The number of aliphatic hydroxyl groups is 2. The van der Waals surface area contributed by atoms with Crippen LogP contribution in [0.5, 0.6) is 0 Å². The number of unbranched alkanes of at least 4 members (excludes halogenated alkanes) is 12. The lowest BCUT2D eigenvalue weighted by atomic mass is 10.1. The van der Waals surface area contributed by atoms with E-state index in [1.807, 2.05) is 0 Å². The highest BCUT2D eigenvalue weighted by Crippen LogP contribution is 2.45. The maximum atomic E-state index is 13.0. The van der Waals surface area contributed by atoms with Crippen molar-refractivity contribution >= 4 is 33.6 Å². The number of esters is 3. The first kappa shape index (κ1) is 87.9. The normalized spacial score (nSPS) is 15.2. The lowest BCUT2D eigenvalue weighted by Gasteiger charge is -2.21. The molecule has 0 radical (unpaired) electrons. The van der Waals surface area contributed by atoms with E-state index in [2.05, 4.69) is 191 Å². The molecular formula is C75H120O16P2. The van der Waals surface area contributed by atoms with Gasteiger partial charge in [-0.25, -0.2) is 9.13 Å². The van der Waals surface area contributed by atoms with Crippen molar-refractivity contribution < 1.29 is 75.8 Å². The van der Waals surface area contributed by atoms with Gasteiger partial charge in [0, 0.05) is 19.3 Å². The number of carbonyl (C=O) groups excluding carboxylic acids is 3. The van der Waals surface area contributed by atoms with Crippen LogP contribution in [0.2, 0.25) is 0 Å². The van der Waals surface area contributed by atoms with Crippen molar-refractivity contribution in [3.63, 3.8) is 0 Å². The van der Waals surface area contributed by atoms with Gasteiger partial charge in [-0.1, -0.05) is 229 Å². The summed E-state index contributed by atoms with van der Waals surface area (Å²) in [4.78, 5) is 58.4. The summed E-state index contributed by atoms with van der Waals surface area (Å²) in [7, 11) is -9.82. The standard InChI is InChI=1S/C75H120O16P2/c1-4-7-10-13-16-19-22-25-28-31-34-37-40-43-46-49-52-55-58-61-73(78)85-64-70(76)65-87-92(81,82)88-66-71(77)67-89-93(83,84)90-69-72(91-75(80)63-60-57-54-51-48-45-42-39-36-33-30-27-24-21-18-15-12-9-6-3)68-86-74(79)62-59-56-53-50-47-44-41-38-35-32-29-26-23-20-17-14-11-8-5-2/h7-12,16-21,25-30,34-39,43-44,46-47,70-72,76-77H,4-6,13-15,22-24,31-33,40-42,45,48-69H2,1-3H3,(H,81,82)(H,83,84)/b10-7-,11-8-,12-9-,19-16-,20-17-,21-18-,28-25-,29-26-,30-27-,37-34-,38-35-,39-36-,46-43-,47-44-. The van der Waals surface area contributed by atoms with E-state index in [1.165, 1.54) is 0 Å². The Bertz CT molecular complexity index is 2370. The van der Waals surface area contributed by atoms with E-state index < -0.39 is 91.5 Å². The number of ether oxygens (including phenoxy) is 3. The molecule has 0 aliphatic carbocycles. The summed E-state index contributed by atoms with van der Waals surface area (Å²) in [6.45, 7) is 2.20. The molecule has 0 amide bonds. The third kappa shape index (κ3) is 68.1. The molecule has 0 aromatic heterocycles. The minimum absolute atomic E-state index is 0.0723. The fourth-order valence-corrected chi connectivity index (χ4v) is 9.84. The molecule has 0 spiro atoms. The highest BCUT2D eigenvalue weighted by atomic mass is 31.2. The number of phosphoric ester groups is 2. The SMILES string of the molecule is CC/C=C\C/C=C\C/C=C\C/C=C\C/C=C\CCCCCC(=O)OCC(O)COP(=O)(O)OCC(O)COP(=O)(O)OCC(COC(=O)CCCCC/C=C\C/C=C\C/C=C\C/C=C\C/C=C\CC)OC(=O)CCCCCCCC/C=C\C/C=C\C/C=C\C/C=C\CC. The summed E-state index contributed by atoms with van der Waals surface area (Å²) in [5.74, 6) is -1.68. The average Bonchev–Trinajstić information content (AvgIpc) is 3.57. The van der Waals surface area contributed by atoms with Gasteiger partial charge in [-0.3, -0.25) is 32.5 Å². The summed E-state index contributed by atoms with van der Waals surface area (Å²) in [5, 5.41) is 20.6. The van der Waals surface area contributed by atoms with Crippen molar-refractivity contribution in [1.82, 2.24) is 0 Å². The van der Waals surface area contributed by atoms with E-state index in [1.54, 1.807) is 0 Å². The van der Waals surface area contributed by atoms with Gasteiger partial charge in [-0.15, -0.1) is 0 Å². The van der Waals surface area contributed by atoms with E-state index in [0.717, 1.165) is 167 Å². The number of hydrogen-bond donors (Lipinski definition) is 4. The van der Waals surface area contributed by atoms with Crippen LogP contribution in [-0.4, -0.2) is 95.9 Å². The molecule has 93 heavy (non-hydrogen) atoms. The lowest BCUT2D eigenvalue weighted by Crippen LogP contribution is -2.30. The van der Waals surface area contributed by atoms with Crippen LogP contribution in [0.1, 0.15) is 226 Å². The van der Waals surface area contributed by atoms with Crippen LogP contribution in [0.3, 0.4) is 0 Å². The highest BCUT2D eigenvalue weighted by Gasteiger charge is 2.29. The Morgan fingerprint density at radius 1 is 0.301 bits per heavy atom. The van der Waals surface area contributed by atoms with Crippen LogP contribution < -0.4 is 0 Å². The molecule has 0 bridgehead atoms. The molecule has 0 saturated heterocycles. The first-order chi connectivity index (χ1) is 45.2. The summed E-state index contributed by atoms with van der Waals surface area (Å²) < 4.78 is 60.9. The fraction of sp³-hybridized carbons (Fsp3) is 0.587. The number of hydrogen-bond acceptors (Lipinski definition) is 14. The molecule has 16 nitrogen and oxygen atoms in total. The van der Waals surface area contributed by atoms with Gasteiger partial charge in [0.15, 0.2) is 6.10 Å². The second-order valence-electron chi connectivity index (χ2n) is 22.2. The molecule has 0 aromatic carbocycles. The van der Waals surface area contributed by atoms with Gasteiger partial charge in [0.25, 0.3) is 0 Å². The first-order valence-corrected chi connectivity index (χ1v) is 37.4. The van der Waals surface area contributed by atoms with Crippen LogP contribution >= 0.6 is 15.6 Å². The van der Waals surface area contributed by atoms with Crippen molar-refractivity contribution in [2.45, 2.75) is 245 Å². The maximum absolute atomic E-state index is 13.0. The molecule has 4 N–H and O–H groups in total. The predicted octanol–water partition coefficient (Wildman–Crippen LogP) is 19.3. The Balaban J connectivity index is 4.83. The molecule has 18 heteroatoms. The zero-order valence-corrected chi connectivity index (χ0v) is 58.6. The van der Waals surface area contributed by atoms with Crippen LogP contribution in [0.25, 0.3) is 0 Å². The summed E-state index contributed by atoms with van der Waals surface area (Å²) >= 11 is 0. The molecule has 0 fully saturated rings. The lowest BCUT2D eigenvalue weighted by molar-refractivity contribution is -0.161. The third-order valence-electron chi connectivity index (χ3n) is 13.4. The minimum Gasteiger partial charge on any atom is -0.463 e. The van der Waals surface area contributed by atoms with E-state index >= 15 is 0 Å². The summed E-state index contributed by atoms with van der Waals surface area (Å²) in [6, 6.07) is 0. The average molecular weight is 1340 g/mol. The van der Waals surface area contributed by atoms with Crippen molar-refractivity contribution in [3.05, 3.63) is 170 Å². The van der Waals surface area contributed by atoms with Crippen molar-refractivity contribution in [2.24, 2.45) is 0 Å². The summed E-state index contributed by atoms with van der Waals surface area (Å²) in [5.41, 5.74) is 0. The van der Waals surface area contributed by atoms with Gasteiger partial charge in [0.1, 0.15) is 25.4 Å². The van der Waals surface area contributed by atoms with Crippen LogP contribution in [0.15, 0.2) is 170 Å². The Morgan fingerprint density at radius 3 is 0.860 bits per heavy atom. The second kappa shape index (κ2) is 66.9. The van der Waals surface area contributed by atoms with Crippen molar-refractivity contribution in [3.8, 4) is 0 Å². The fourth-order valence-electron chi connectivity index (χ4n) is 8.26. The van der Waals surface area contributed by atoms with E-state index in [0.29, 0.717) is 19.3 Å².